The zero-order valence-electron chi connectivity index (χ0n) is 44.3. The second-order valence-electron chi connectivity index (χ2n) is 19.8. The number of nitrogens with zero attached hydrogens (tertiary/aromatic N) is 4. The number of thiazole rings is 2. The number of carboxylic acids is 4. The van der Waals surface area contributed by atoms with Gasteiger partial charge in [0.2, 0.25) is 11.8 Å². The number of anilines is 2. The summed E-state index contributed by atoms with van der Waals surface area (Å²) < 4.78 is 49.6. The Balaban J connectivity index is 0.000000361. The summed E-state index contributed by atoms with van der Waals surface area (Å²) in [5.41, 5.74) is 0.306. The number of carboxylic acid groups (broad SMARTS) is 4. The minimum Gasteiger partial charge on any atom is -0.480 e. The molecule has 6 rings (SSSR count). The van der Waals surface area contributed by atoms with Crippen molar-refractivity contribution in [1.29, 1.82) is 0 Å². The quantitative estimate of drug-likeness (QED) is 0.0193. The number of halogens is 4. The number of fused-ring (bicyclic) bond motifs is 2. The number of rotatable bonds is 27. The molecule has 6 atom stereocenters. The van der Waals surface area contributed by atoms with Crippen LogP contribution in [0.3, 0.4) is 0 Å². The third kappa shape index (κ3) is 19.7. The molecule has 3 aromatic carbocycles. The number of imidazole rings is 1. The summed E-state index contributed by atoms with van der Waals surface area (Å²) in [5, 5.41) is 51.8. The fourth-order valence-electron chi connectivity index (χ4n) is 7.96. The van der Waals surface area contributed by atoms with E-state index >= 15 is 0 Å². The topological polar surface area (TPSA) is 340 Å². The molecule has 0 radical (unpaired) electrons. The Morgan fingerprint density at radius 1 is 0.568 bits per heavy atom. The number of carbonyl (C=O) groups excluding carboxylic acids is 4. The van der Waals surface area contributed by atoms with Crippen LogP contribution in [0.15, 0.2) is 76.3 Å². The van der Waals surface area contributed by atoms with Crippen molar-refractivity contribution in [3.05, 3.63) is 99.4 Å². The fourth-order valence-corrected chi connectivity index (χ4v) is 10.3. The number of hydrogen-bond donors (Lipinski definition) is 9. The van der Waals surface area contributed by atoms with Crippen molar-refractivity contribution < 1.29 is 76.7 Å². The molecule has 436 valence electrons. The summed E-state index contributed by atoms with van der Waals surface area (Å²) in [4.78, 5) is 121. The van der Waals surface area contributed by atoms with Crippen LogP contribution in [-0.2, 0) is 49.6 Å². The van der Waals surface area contributed by atoms with Gasteiger partial charge in [0.25, 0.3) is 0 Å². The number of carbonyl (C=O) groups is 8. The van der Waals surface area contributed by atoms with E-state index in [4.69, 9.17) is 4.74 Å². The van der Waals surface area contributed by atoms with Gasteiger partial charge in [-0.3, -0.25) is 53.9 Å². The Morgan fingerprint density at radius 3 is 1.46 bits per heavy atom. The van der Waals surface area contributed by atoms with E-state index in [-0.39, 0.29) is 59.5 Å². The van der Waals surface area contributed by atoms with Gasteiger partial charge in [-0.2, -0.15) is 0 Å². The second kappa shape index (κ2) is 29.3. The Hall–Kier alpha value is -7.44. The number of aromatic nitrogens is 4. The molecule has 2 amide bonds. The summed E-state index contributed by atoms with van der Waals surface area (Å²) in [7, 11) is 0. The average molecular weight is 1240 g/mol. The standard InChI is InChI=1S/C34H38BrFN6O9S2.C18H21F2N3O5/c1-15(2)9-23(37-21(29(45)46)13-27(43)41-33-39-19-7-5-17(35)11-25(19)52-33)31(49)51-32(50)24(10-16(3)4)38-22(30(47)48)14-28(44)42-34-40-20-8-6-18(36)12-26(20)53-34;1-10(2)5-14(16(24)25)21-15(17(26)27)9-22-3-4-23(18(22)28)13-7-11(19)6-12(20)8-13/h5-8,11-12,15-16,21-24,37-38H,9-10,13-14H2,1-4H3,(H,45,46)(H,47,48)(H,39,41,43)(H,40,42,44);3-4,6-8,10,14-15,21H,5,9H2,1-2H3,(H,24,25)(H,26,27). The van der Waals surface area contributed by atoms with Gasteiger partial charge >= 0.3 is 41.5 Å². The van der Waals surface area contributed by atoms with Gasteiger partial charge in [0.05, 0.1) is 45.5 Å². The maximum atomic E-state index is 13.6. The van der Waals surface area contributed by atoms with Crippen LogP contribution in [0.4, 0.5) is 23.4 Å². The Labute approximate surface area is 476 Å². The van der Waals surface area contributed by atoms with Crippen molar-refractivity contribution in [2.45, 2.75) is 116 Å². The van der Waals surface area contributed by atoms with E-state index in [0.717, 1.165) is 41.8 Å². The highest BCUT2D eigenvalue weighted by molar-refractivity contribution is 9.10. The first-order valence-electron chi connectivity index (χ1n) is 25.0. The van der Waals surface area contributed by atoms with Crippen molar-refractivity contribution in [3.8, 4) is 5.69 Å². The number of aliphatic carboxylic acids is 4. The molecule has 6 aromatic rings. The molecular formula is C52H59BrF3N9O14S2. The lowest BCUT2D eigenvalue weighted by Gasteiger charge is -2.25. The van der Waals surface area contributed by atoms with Gasteiger partial charge in [0.15, 0.2) is 10.3 Å². The lowest BCUT2D eigenvalue weighted by atomic mass is 10.0. The van der Waals surface area contributed by atoms with Crippen LogP contribution in [0.5, 0.6) is 0 Å². The normalized spacial score (nSPS) is 13.7. The molecule has 0 aliphatic rings. The van der Waals surface area contributed by atoms with Crippen LogP contribution >= 0.6 is 38.6 Å². The molecule has 3 aromatic heterocycles. The number of ether oxygens (including phenoxy) is 1. The SMILES string of the molecule is CC(C)CC(NC(CC(=O)Nc1nc2ccc(F)cc2s1)C(=O)O)C(=O)OC(=O)C(CC(C)C)NC(CC(=O)Nc1nc2ccc(Br)cc2s1)C(=O)O.CC(C)CC(NC(Cn1ccn(-c2cc(F)cc(F)c2)c1=O)C(=O)O)C(=O)O. The lowest BCUT2D eigenvalue weighted by molar-refractivity contribution is -0.164. The number of esters is 2. The maximum absolute atomic E-state index is 13.6. The maximum Gasteiger partial charge on any atom is 0.332 e. The van der Waals surface area contributed by atoms with Gasteiger partial charge < -0.3 is 35.8 Å². The molecule has 0 saturated carbocycles. The van der Waals surface area contributed by atoms with Crippen molar-refractivity contribution >= 4 is 117 Å². The summed E-state index contributed by atoms with van der Waals surface area (Å²) in [6.07, 6.45) is 1.55. The molecule has 3 heterocycles. The van der Waals surface area contributed by atoms with E-state index < -0.39 is 120 Å². The van der Waals surface area contributed by atoms with Crippen molar-refractivity contribution in [3.63, 3.8) is 0 Å². The highest BCUT2D eigenvalue weighted by Gasteiger charge is 2.35. The number of hydrogen-bond acceptors (Lipinski definition) is 17. The predicted molar refractivity (Wildman–Crippen MR) is 295 cm³/mol. The second-order valence-corrected chi connectivity index (χ2v) is 22.8. The molecule has 81 heavy (non-hydrogen) atoms. The van der Waals surface area contributed by atoms with Gasteiger partial charge in [-0.1, -0.05) is 80.1 Å². The highest BCUT2D eigenvalue weighted by Crippen LogP contribution is 2.29. The largest absolute Gasteiger partial charge is 0.480 e. The first-order chi connectivity index (χ1) is 38.0. The molecular weight excluding hydrogens is 1180 g/mol. The molecule has 29 heteroatoms. The zero-order valence-corrected chi connectivity index (χ0v) is 47.5. The zero-order chi connectivity index (χ0) is 60.0. The van der Waals surface area contributed by atoms with E-state index in [1.165, 1.54) is 41.9 Å². The highest BCUT2D eigenvalue weighted by atomic mass is 79.9. The predicted octanol–water partition coefficient (Wildman–Crippen LogP) is 6.61. The van der Waals surface area contributed by atoms with Crippen LogP contribution in [-0.4, -0.2) is 123 Å². The third-order valence-electron chi connectivity index (χ3n) is 11.6. The van der Waals surface area contributed by atoms with Gasteiger partial charge in [-0.25, -0.2) is 37.5 Å². The van der Waals surface area contributed by atoms with Gasteiger partial charge in [-0.05, 0) is 85.5 Å². The van der Waals surface area contributed by atoms with Gasteiger partial charge in [0, 0.05) is 22.9 Å². The van der Waals surface area contributed by atoms with E-state index in [1.807, 2.05) is 6.07 Å². The molecule has 0 spiro atoms. The molecule has 0 saturated heterocycles. The van der Waals surface area contributed by atoms with Crippen molar-refractivity contribution in [2.75, 3.05) is 10.6 Å². The monoisotopic (exact) mass is 1230 g/mol. The first-order valence-corrected chi connectivity index (χ1v) is 27.4. The van der Waals surface area contributed by atoms with E-state index in [0.29, 0.717) is 21.8 Å². The number of amides is 2. The fraction of sp³-hybridized carbons (Fsp3) is 0.404. The molecule has 0 fully saturated rings. The molecule has 0 aliphatic heterocycles. The van der Waals surface area contributed by atoms with Gasteiger partial charge in [0.1, 0.15) is 53.7 Å². The van der Waals surface area contributed by atoms with Crippen LogP contribution in [0.2, 0.25) is 0 Å². The Bertz CT molecular complexity index is 3170. The molecule has 6 unspecified atom stereocenters. The smallest absolute Gasteiger partial charge is 0.332 e. The summed E-state index contributed by atoms with van der Waals surface area (Å²) >= 11 is 5.56. The van der Waals surface area contributed by atoms with Crippen LogP contribution in [0, 0.1) is 35.2 Å². The van der Waals surface area contributed by atoms with Gasteiger partial charge in [-0.15, -0.1) is 0 Å². The average Bonchev–Trinajstić information content (AvgIpc) is 4.09. The van der Waals surface area contributed by atoms with Crippen LogP contribution < -0.4 is 32.3 Å². The summed E-state index contributed by atoms with van der Waals surface area (Å²) in [6, 6.07) is 3.57. The van der Waals surface area contributed by atoms with E-state index in [1.54, 1.807) is 53.7 Å². The lowest BCUT2D eigenvalue weighted by Crippen LogP contribution is -2.53. The van der Waals surface area contributed by atoms with E-state index in [2.05, 4.69) is 52.5 Å². The minimum atomic E-state index is -1.59. The first kappa shape index (κ1) is 64.4. The minimum absolute atomic E-state index is 0.00900. The van der Waals surface area contributed by atoms with Crippen molar-refractivity contribution in [1.82, 2.24) is 35.1 Å². The molecule has 0 aliphatic carbocycles. The van der Waals surface area contributed by atoms with Crippen LogP contribution in [0.25, 0.3) is 26.1 Å². The van der Waals surface area contributed by atoms with Crippen LogP contribution in [0.1, 0.15) is 73.6 Å². The molecule has 0 bridgehead atoms. The Morgan fingerprint density at radius 2 is 1.00 bits per heavy atom. The molecule has 23 nitrogen and oxygen atoms in total. The summed E-state index contributed by atoms with van der Waals surface area (Å²) in [5.74, 6) is -11.7. The Kier molecular flexibility index (Phi) is 23.3. The third-order valence-corrected chi connectivity index (χ3v) is 14.0. The molecule has 9 N–H and O–H groups in total. The summed E-state index contributed by atoms with van der Waals surface area (Å²) in [6.45, 7) is 10.3. The number of benzene rings is 3. The number of nitrogens with one attached hydrogen (secondary N) is 5. The van der Waals surface area contributed by atoms with Crippen molar-refractivity contribution in [2.24, 2.45) is 17.8 Å². The van der Waals surface area contributed by atoms with E-state index in [9.17, 15) is 76.7 Å².